The summed E-state index contributed by atoms with van der Waals surface area (Å²) in [5.74, 6) is -0.908. The Hall–Kier alpha value is -1.36. The smallest absolute Gasteiger partial charge is 0.327 e. The molecule has 0 atom stereocenters. The Morgan fingerprint density at radius 3 is 2.40 bits per heavy atom. The molecule has 0 aromatic heterocycles. The first-order valence-electron chi connectivity index (χ1n) is 4.18. The van der Waals surface area contributed by atoms with E-state index in [2.05, 4.69) is 0 Å². The van der Waals surface area contributed by atoms with Gasteiger partial charge in [0.1, 0.15) is 5.82 Å². The Balaban J connectivity index is 3.04. The molecule has 1 aromatic rings. The molecule has 0 fully saturated rings. The summed E-state index contributed by atoms with van der Waals surface area (Å²) >= 11 is 0. The maximum atomic E-state index is 13.1. The lowest BCUT2D eigenvalue weighted by Gasteiger charge is -2.07. The van der Waals surface area contributed by atoms with Crippen molar-refractivity contribution in [1.29, 1.82) is 0 Å². The van der Waals surface area contributed by atoms with Gasteiger partial charge in [-0.3, -0.25) is 0 Å². The monoisotopic (exact) mass is 219 g/mol. The van der Waals surface area contributed by atoms with Crippen molar-refractivity contribution in [3.8, 4) is 0 Å². The van der Waals surface area contributed by atoms with E-state index in [0.29, 0.717) is 6.07 Å². The van der Waals surface area contributed by atoms with Gasteiger partial charge in [0.05, 0.1) is 5.56 Å². The number of hydrogen-bond donors (Lipinski definition) is 1. The molecule has 1 rings (SSSR count). The van der Waals surface area contributed by atoms with Crippen molar-refractivity contribution < 1.29 is 17.6 Å². The molecule has 0 aliphatic heterocycles. The normalized spacial score (nSPS) is 12.3. The Bertz CT molecular complexity index is 368. The molecule has 1 aromatic carbocycles. The van der Waals surface area contributed by atoms with Crippen LogP contribution in [0.1, 0.15) is 11.1 Å². The molecule has 0 amide bonds. The molecule has 0 radical (unpaired) electrons. The lowest BCUT2D eigenvalue weighted by Crippen LogP contribution is -2.05. The molecule has 2 N–H and O–H groups in total. The van der Waals surface area contributed by atoms with Crippen molar-refractivity contribution in [3.63, 3.8) is 0 Å². The second-order valence-electron chi connectivity index (χ2n) is 2.87. The Morgan fingerprint density at radius 2 is 1.93 bits per heavy atom. The molecule has 0 unspecified atom stereocenters. The number of hydrogen-bond acceptors (Lipinski definition) is 1. The zero-order valence-electron chi connectivity index (χ0n) is 7.68. The number of halogens is 4. The molecule has 0 saturated heterocycles. The SMILES string of the molecule is NCC=Cc1ccc(C(F)(F)F)cc1F. The lowest BCUT2D eigenvalue weighted by molar-refractivity contribution is -0.137. The van der Waals surface area contributed by atoms with Crippen molar-refractivity contribution in [3.05, 3.63) is 41.2 Å². The fraction of sp³-hybridized carbons (Fsp3) is 0.200. The number of benzene rings is 1. The van der Waals surface area contributed by atoms with Gasteiger partial charge in [0.2, 0.25) is 0 Å². The highest BCUT2D eigenvalue weighted by molar-refractivity contribution is 5.51. The third kappa shape index (κ3) is 3.06. The van der Waals surface area contributed by atoms with Crippen LogP contribution < -0.4 is 5.73 Å². The van der Waals surface area contributed by atoms with Crippen LogP contribution in [-0.4, -0.2) is 6.54 Å². The van der Waals surface area contributed by atoms with Crippen LogP contribution in [0.2, 0.25) is 0 Å². The lowest BCUT2D eigenvalue weighted by atomic mass is 10.1. The van der Waals surface area contributed by atoms with Gasteiger partial charge in [0.15, 0.2) is 0 Å². The van der Waals surface area contributed by atoms with Crippen molar-refractivity contribution in [2.45, 2.75) is 6.18 Å². The summed E-state index contributed by atoms with van der Waals surface area (Å²) in [7, 11) is 0. The fourth-order valence-corrected chi connectivity index (χ4v) is 1.03. The van der Waals surface area contributed by atoms with Gasteiger partial charge in [-0.15, -0.1) is 0 Å². The molecular formula is C10H9F4N. The molecule has 15 heavy (non-hydrogen) atoms. The van der Waals surface area contributed by atoms with Gasteiger partial charge in [-0.05, 0) is 12.1 Å². The van der Waals surface area contributed by atoms with E-state index in [4.69, 9.17) is 5.73 Å². The predicted octanol–water partition coefficient (Wildman–Crippen LogP) is 2.82. The topological polar surface area (TPSA) is 26.0 Å². The van der Waals surface area contributed by atoms with Crippen molar-refractivity contribution in [2.75, 3.05) is 6.54 Å². The van der Waals surface area contributed by atoms with Gasteiger partial charge in [-0.1, -0.05) is 18.2 Å². The molecule has 1 nitrogen and oxygen atoms in total. The zero-order chi connectivity index (χ0) is 11.5. The molecular weight excluding hydrogens is 210 g/mol. The molecule has 0 aliphatic carbocycles. The van der Waals surface area contributed by atoms with Gasteiger partial charge in [-0.2, -0.15) is 13.2 Å². The molecule has 82 valence electrons. The first-order chi connectivity index (χ1) is 6.95. The standard InChI is InChI=1S/C10H9F4N/c11-9-6-8(10(12,13)14)4-3-7(9)2-1-5-15/h1-4,6H,5,15H2. The molecule has 0 saturated carbocycles. The molecule has 0 bridgehead atoms. The Kier molecular flexibility index (Phi) is 3.47. The largest absolute Gasteiger partial charge is 0.416 e. The van der Waals surface area contributed by atoms with E-state index in [9.17, 15) is 17.6 Å². The minimum absolute atomic E-state index is 0.0912. The Morgan fingerprint density at radius 1 is 1.27 bits per heavy atom. The van der Waals surface area contributed by atoms with Crippen LogP contribution in [0.5, 0.6) is 0 Å². The average Bonchev–Trinajstić information content (AvgIpc) is 2.14. The first kappa shape index (κ1) is 11.7. The molecule has 0 spiro atoms. The van der Waals surface area contributed by atoms with Crippen LogP contribution in [-0.2, 0) is 6.18 Å². The van der Waals surface area contributed by atoms with Gasteiger partial charge >= 0.3 is 6.18 Å². The van der Waals surface area contributed by atoms with E-state index in [-0.39, 0.29) is 12.1 Å². The summed E-state index contributed by atoms with van der Waals surface area (Å²) in [4.78, 5) is 0. The summed E-state index contributed by atoms with van der Waals surface area (Å²) in [5, 5.41) is 0. The summed E-state index contributed by atoms with van der Waals surface area (Å²) in [6.07, 6.45) is -1.71. The average molecular weight is 219 g/mol. The van der Waals surface area contributed by atoms with E-state index in [1.165, 1.54) is 12.2 Å². The van der Waals surface area contributed by atoms with Gasteiger partial charge < -0.3 is 5.73 Å². The van der Waals surface area contributed by atoms with Gasteiger partial charge in [0, 0.05) is 12.1 Å². The summed E-state index contributed by atoms with van der Waals surface area (Å²) in [6.45, 7) is 0.209. The van der Waals surface area contributed by atoms with Crippen molar-refractivity contribution >= 4 is 6.08 Å². The number of rotatable bonds is 2. The van der Waals surface area contributed by atoms with Crippen LogP contribution in [0.15, 0.2) is 24.3 Å². The minimum atomic E-state index is -4.52. The van der Waals surface area contributed by atoms with E-state index >= 15 is 0 Å². The molecule has 5 heteroatoms. The maximum Gasteiger partial charge on any atom is 0.416 e. The number of alkyl halides is 3. The van der Waals surface area contributed by atoms with Crippen LogP contribution >= 0.6 is 0 Å². The Labute approximate surface area is 84.2 Å². The van der Waals surface area contributed by atoms with E-state index in [1.807, 2.05) is 0 Å². The first-order valence-corrected chi connectivity index (χ1v) is 4.18. The second-order valence-corrected chi connectivity index (χ2v) is 2.87. The molecule has 0 aliphatic rings. The van der Waals surface area contributed by atoms with E-state index < -0.39 is 17.6 Å². The van der Waals surface area contributed by atoms with Crippen molar-refractivity contribution in [1.82, 2.24) is 0 Å². The zero-order valence-corrected chi connectivity index (χ0v) is 7.68. The summed E-state index contributed by atoms with van der Waals surface area (Å²) < 4.78 is 49.6. The molecule has 0 heterocycles. The van der Waals surface area contributed by atoms with Crippen LogP contribution in [0, 0.1) is 5.82 Å². The highest BCUT2D eigenvalue weighted by atomic mass is 19.4. The highest BCUT2D eigenvalue weighted by Gasteiger charge is 2.30. The quantitative estimate of drug-likeness (QED) is 0.760. The fourth-order valence-electron chi connectivity index (χ4n) is 1.03. The maximum absolute atomic E-state index is 13.1. The number of nitrogens with two attached hydrogens (primary N) is 1. The summed E-state index contributed by atoms with van der Waals surface area (Å²) in [6, 6.07) is 2.37. The van der Waals surface area contributed by atoms with E-state index in [1.54, 1.807) is 0 Å². The third-order valence-corrected chi connectivity index (χ3v) is 1.76. The second kappa shape index (κ2) is 4.44. The van der Waals surface area contributed by atoms with Gasteiger partial charge in [0.25, 0.3) is 0 Å². The third-order valence-electron chi connectivity index (χ3n) is 1.76. The minimum Gasteiger partial charge on any atom is -0.327 e. The van der Waals surface area contributed by atoms with Crippen LogP contribution in [0.25, 0.3) is 6.08 Å². The van der Waals surface area contributed by atoms with E-state index in [0.717, 1.165) is 12.1 Å². The van der Waals surface area contributed by atoms with Gasteiger partial charge in [-0.25, -0.2) is 4.39 Å². The predicted molar refractivity (Wildman–Crippen MR) is 49.5 cm³/mol. The van der Waals surface area contributed by atoms with Crippen LogP contribution in [0.4, 0.5) is 17.6 Å². The van der Waals surface area contributed by atoms with Crippen LogP contribution in [0.3, 0.4) is 0 Å². The summed E-state index contributed by atoms with van der Waals surface area (Å²) in [5.41, 5.74) is 4.23. The highest BCUT2D eigenvalue weighted by Crippen LogP contribution is 2.30. The van der Waals surface area contributed by atoms with Crippen molar-refractivity contribution in [2.24, 2.45) is 5.73 Å².